The van der Waals surface area contributed by atoms with Gasteiger partial charge in [-0.1, -0.05) is 38.1 Å². The molecule has 0 unspecified atom stereocenters. The Labute approximate surface area is 154 Å². The first-order valence-corrected chi connectivity index (χ1v) is 8.82. The maximum atomic E-state index is 12.8. The van der Waals surface area contributed by atoms with Gasteiger partial charge in [-0.05, 0) is 35.2 Å². The molecule has 0 radical (unpaired) electrons. The number of nitrogens with zero attached hydrogens (tertiary/aromatic N) is 1. The summed E-state index contributed by atoms with van der Waals surface area (Å²) in [6.45, 7) is 5.76. The molecule has 5 heteroatoms. The van der Waals surface area contributed by atoms with E-state index in [9.17, 15) is 9.59 Å². The maximum Gasteiger partial charge on any atom is 0.256 e. The summed E-state index contributed by atoms with van der Waals surface area (Å²) < 4.78 is 5.06. The quantitative estimate of drug-likeness (QED) is 0.863. The summed E-state index contributed by atoms with van der Waals surface area (Å²) in [6.07, 6.45) is 0. The van der Waals surface area contributed by atoms with Gasteiger partial charge in [-0.2, -0.15) is 0 Å². The molecular weight excluding hydrogens is 328 g/mol. The van der Waals surface area contributed by atoms with E-state index in [0.29, 0.717) is 36.7 Å². The second-order valence-electron chi connectivity index (χ2n) is 6.79. The zero-order chi connectivity index (χ0) is 18.7. The molecule has 0 saturated carbocycles. The highest BCUT2D eigenvalue weighted by atomic mass is 16.5. The molecule has 0 atom stereocenters. The third-order valence-corrected chi connectivity index (χ3v) is 4.66. The van der Waals surface area contributed by atoms with Crippen LogP contribution >= 0.6 is 0 Å². The lowest BCUT2D eigenvalue weighted by atomic mass is 10.0. The Kier molecular flexibility index (Phi) is 5.38. The van der Waals surface area contributed by atoms with Crippen LogP contribution in [0.15, 0.2) is 42.5 Å². The Balaban J connectivity index is 1.80. The van der Waals surface area contributed by atoms with E-state index in [-0.39, 0.29) is 11.8 Å². The van der Waals surface area contributed by atoms with Crippen molar-refractivity contribution >= 4 is 17.5 Å². The summed E-state index contributed by atoms with van der Waals surface area (Å²) in [5.41, 5.74) is 3.74. The van der Waals surface area contributed by atoms with Crippen LogP contribution in [0.3, 0.4) is 0 Å². The van der Waals surface area contributed by atoms with Crippen LogP contribution in [-0.2, 0) is 11.3 Å². The van der Waals surface area contributed by atoms with E-state index >= 15 is 0 Å². The molecule has 0 aromatic heterocycles. The minimum absolute atomic E-state index is 0.113. The predicted molar refractivity (Wildman–Crippen MR) is 102 cm³/mol. The van der Waals surface area contributed by atoms with Crippen molar-refractivity contribution in [3.05, 3.63) is 64.7 Å². The van der Waals surface area contributed by atoms with Gasteiger partial charge in [0, 0.05) is 25.9 Å². The third-order valence-electron chi connectivity index (χ3n) is 4.66. The van der Waals surface area contributed by atoms with Crippen molar-refractivity contribution in [2.75, 3.05) is 25.6 Å². The standard InChI is InChI=1S/C21H24N2O3/c1-14(2)15-7-9-17(10-8-15)22-20(24)18-6-4-5-16-13-23(11-12-26-3)21(25)19(16)18/h4-10,14H,11-13H2,1-3H3,(H,22,24). The highest BCUT2D eigenvalue weighted by Crippen LogP contribution is 2.27. The molecule has 2 aromatic carbocycles. The molecule has 0 fully saturated rings. The molecule has 2 aromatic rings. The number of nitrogens with one attached hydrogen (secondary N) is 1. The van der Waals surface area contributed by atoms with Crippen molar-refractivity contribution in [3.8, 4) is 0 Å². The number of carbonyl (C=O) groups excluding carboxylic acids is 2. The van der Waals surface area contributed by atoms with Crippen LogP contribution in [0.4, 0.5) is 5.69 Å². The number of ether oxygens (including phenoxy) is 1. The van der Waals surface area contributed by atoms with Crippen LogP contribution in [0.2, 0.25) is 0 Å². The predicted octanol–water partition coefficient (Wildman–Crippen LogP) is 3.66. The monoisotopic (exact) mass is 352 g/mol. The first kappa shape index (κ1) is 18.1. The van der Waals surface area contributed by atoms with E-state index in [1.165, 1.54) is 5.56 Å². The van der Waals surface area contributed by atoms with Crippen LogP contribution in [0.1, 0.15) is 51.6 Å². The number of benzene rings is 2. The number of amides is 2. The number of hydrogen-bond acceptors (Lipinski definition) is 3. The van der Waals surface area contributed by atoms with Gasteiger partial charge in [0.2, 0.25) is 0 Å². The fourth-order valence-corrected chi connectivity index (χ4v) is 3.14. The first-order valence-electron chi connectivity index (χ1n) is 8.82. The number of rotatable bonds is 6. The molecule has 0 bridgehead atoms. The molecular formula is C21H24N2O3. The summed E-state index contributed by atoms with van der Waals surface area (Å²) in [4.78, 5) is 27.2. The summed E-state index contributed by atoms with van der Waals surface area (Å²) in [6, 6.07) is 13.2. The van der Waals surface area contributed by atoms with Gasteiger partial charge in [-0.3, -0.25) is 9.59 Å². The van der Waals surface area contributed by atoms with Gasteiger partial charge >= 0.3 is 0 Å². The van der Waals surface area contributed by atoms with Gasteiger partial charge in [0.1, 0.15) is 0 Å². The van der Waals surface area contributed by atoms with Crippen molar-refractivity contribution < 1.29 is 14.3 Å². The molecule has 3 rings (SSSR count). The van der Waals surface area contributed by atoms with E-state index in [0.717, 1.165) is 11.3 Å². The third kappa shape index (κ3) is 3.63. The number of anilines is 1. The van der Waals surface area contributed by atoms with Crippen molar-refractivity contribution in [2.24, 2.45) is 0 Å². The smallest absolute Gasteiger partial charge is 0.256 e. The molecule has 2 amide bonds. The second kappa shape index (κ2) is 7.70. The van der Waals surface area contributed by atoms with E-state index in [2.05, 4.69) is 19.2 Å². The zero-order valence-corrected chi connectivity index (χ0v) is 15.4. The van der Waals surface area contributed by atoms with Gasteiger partial charge in [0.25, 0.3) is 11.8 Å². The van der Waals surface area contributed by atoms with E-state index in [4.69, 9.17) is 4.74 Å². The number of methoxy groups -OCH3 is 1. The molecule has 0 saturated heterocycles. The lowest BCUT2D eigenvalue weighted by Gasteiger charge is -2.14. The first-order chi connectivity index (χ1) is 12.5. The van der Waals surface area contributed by atoms with Gasteiger partial charge in [0.15, 0.2) is 0 Å². The van der Waals surface area contributed by atoms with Crippen LogP contribution in [0.5, 0.6) is 0 Å². The van der Waals surface area contributed by atoms with E-state index in [1.807, 2.05) is 36.4 Å². The van der Waals surface area contributed by atoms with E-state index < -0.39 is 0 Å². The lowest BCUT2D eigenvalue weighted by molar-refractivity contribution is 0.0716. The van der Waals surface area contributed by atoms with Crippen LogP contribution in [0, 0.1) is 0 Å². The summed E-state index contributed by atoms with van der Waals surface area (Å²) in [5, 5.41) is 2.90. The van der Waals surface area contributed by atoms with Gasteiger partial charge in [0.05, 0.1) is 17.7 Å². The Morgan fingerprint density at radius 3 is 2.58 bits per heavy atom. The topological polar surface area (TPSA) is 58.6 Å². The minimum atomic E-state index is -0.263. The van der Waals surface area contributed by atoms with Gasteiger partial charge in [-0.15, -0.1) is 0 Å². The molecule has 1 aliphatic rings. The molecule has 26 heavy (non-hydrogen) atoms. The zero-order valence-electron chi connectivity index (χ0n) is 15.4. The molecule has 1 aliphatic heterocycles. The lowest BCUT2D eigenvalue weighted by Crippen LogP contribution is -2.28. The van der Waals surface area contributed by atoms with E-state index in [1.54, 1.807) is 18.1 Å². The second-order valence-corrected chi connectivity index (χ2v) is 6.79. The Hall–Kier alpha value is -2.66. The van der Waals surface area contributed by atoms with Crippen molar-refractivity contribution in [1.82, 2.24) is 4.90 Å². The number of carbonyl (C=O) groups is 2. The average molecular weight is 352 g/mol. The fraction of sp³-hybridized carbons (Fsp3) is 0.333. The fourth-order valence-electron chi connectivity index (χ4n) is 3.14. The largest absolute Gasteiger partial charge is 0.383 e. The van der Waals surface area contributed by atoms with Crippen LogP contribution in [0.25, 0.3) is 0 Å². The summed E-state index contributed by atoms with van der Waals surface area (Å²) in [7, 11) is 1.61. The van der Waals surface area contributed by atoms with Crippen LogP contribution < -0.4 is 5.32 Å². The maximum absolute atomic E-state index is 12.8. The normalized spacial score (nSPS) is 13.2. The number of fused-ring (bicyclic) bond motifs is 1. The van der Waals surface area contributed by atoms with Gasteiger partial charge in [-0.25, -0.2) is 0 Å². The minimum Gasteiger partial charge on any atom is -0.383 e. The van der Waals surface area contributed by atoms with Gasteiger partial charge < -0.3 is 15.0 Å². The van der Waals surface area contributed by atoms with Crippen molar-refractivity contribution in [1.29, 1.82) is 0 Å². The van der Waals surface area contributed by atoms with Crippen molar-refractivity contribution in [3.63, 3.8) is 0 Å². The highest BCUT2D eigenvalue weighted by Gasteiger charge is 2.31. The average Bonchev–Trinajstić information content (AvgIpc) is 2.96. The summed E-state index contributed by atoms with van der Waals surface area (Å²) >= 11 is 0. The Morgan fingerprint density at radius 1 is 1.19 bits per heavy atom. The molecule has 1 heterocycles. The Bertz CT molecular complexity index is 813. The highest BCUT2D eigenvalue weighted by molar-refractivity contribution is 6.13. The number of hydrogen-bond donors (Lipinski definition) is 1. The Morgan fingerprint density at radius 2 is 1.92 bits per heavy atom. The molecule has 5 nitrogen and oxygen atoms in total. The SMILES string of the molecule is COCCN1Cc2cccc(C(=O)Nc3ccc(C(C)C)cc3)c2C1=O. The van der Waals surface area contributed by atoms with Crippen LogP contribution in [-0.4, -0.2) is 37.0 Å². The van der Waals surface area contributed by atoms with Crippen molar-refractivity contribution in [2.45, 2.75) is 26.3 Å². The molecule has 136 valence electrons. The molecule has 1 N–H and O–H groups in total. The molecule has 0 aliphatic carbocycles. The molecule has 0 spiro atoms. The summed E-state index contributed by atoms with van der Waals surface area (Å²) in [5.74, 6) is 0.0619.